The summed E-state index contributed by atoms with van der Waals surface area (Å²) in [6.45, 7) is 4.38. The van der Waals surface area contributed by atoms with Crippen LogP contribution in [0.25, 0.3) is 0 Å². The minimum absolute atomic E-state index is 0.106. The number of ether oxygens (including phenoxy) is 1. The van der Waals surface area contributed by atoms with Gasteiger partial charge in [-0.25, -0.2) is 0 Å². The SMILES string of the molecule is C=C[C@@H]1OCC[C@H]1N. The van der Waals surface area contributed by atoms with E-state index in [2.05, 4.69) is 6.58 Å². The molecule has 0 amide bonds. The molecule has 1 rings (SSSR count). The zero-order chi connectivity index (χ0) is 5.98. The summed E-state index contributed by atoms with van der Waals surface area (Å²) in [6.07, 6.45) is 2.84. The predicted octanol–water partition coefficient (Wildman–Crippen LogP) is 0.289. The summed E-state index contributed by atoms with van der Waals surface area (Å²) in [4.78, 5) is 0. The third-order valence-corrected chi connectivity index (χ3v) is 1.42. The van der Waals surface area contributed by atoms with Crippen LogP contribution in [0.1, 0.15) is 6.42 Å². The summed E-state index contributed by atoms with van der Waals surface area (Å²) in [5.41, 5.74) is 5.59. The number of hydrogen-bond donors (Lipinski definition) is 1. The van der Waals surface area contributed by atoms with Gasteiger partial charge in [-0.2, -0.15) is 0 Å². The fourth-order valence-corrected chi connectivity index (χ4v) is 0.871. The average molecular weight is 113 g/mol. The van der Waals surface area contributed by atoms with Gasteiger partial charge >= 0.3 is 0 Å². The second-order valence-corrected chi connectivity index (χ2v) is 2.02. The van der Waals surface area contributed by atoms with Crippen molar-refractivity contribution in [2.45, 2.75) is 18.6 Å². The number of rotatable bonds is 1. The highest BCUT2D eigenvalue weighted by atomic mass is 16.5. The lowest BCUT2D eigenvalue weighted by Crippen LogP contribution is -2.27. The van der Waals surface area contributed by atoms with Gasteiger partial charge in [-0.05, 0) is 6.42 Å². The predicted molar refractivity (Wildman–Crippen MR) is 32.5 cm³/mol. The minimum Gasteiger partial charge on any atom is -0.372 e. The first-order valence-electron chi connectivity index (χ1n) is 2.84. The fraction of sp³-hybridized carbons (Fsp3) is 0.667. The van der Waals surface area contributed by atoms with Gasteiger partial charge in [0.1, 0.15) is 0 Å². The Labute approximate surface area is 49.3 Å². The van der Waals surface area contributed by atoms with E-state index in [1.807, 2.05) is 0 Å². The third-order valence-electron chi connectivity index (χ3n) is 1.42. The van der Waals surface area contributed by atoms with Crippen LogP contribution in [0.3, 0.4) is 0 Å². The van der Waals surface area contributed by atoms with Gasteiger partial charge in [0.05, 0.1) is 6.10 Å². The van der Waals surface area contributed by atoms with E-state index in [1.165, 1.54) is 0 Å². The Kier molecular flexibility index (Phi) is 1.65. The van der Waals surface area contributed by atoms with Crippen LogP contribution in [0.4, 0.5) is 0 Å². The van der Waals surface area contributed by atoms with Crippen molar-refractivity contribution >= 4 is 0 Å². The molecule has 1 fully saturated rings. The van der Waals surface area contributed by atoms with Crippen LogP contribution in [0.5, 0.6) is 0 Å². The van der Waals surface area contributed by atoms with Crippen molar-refractivity contribution in [1.29, 1.82) is 0 Å². The van der Waals surface area contributed by atoms with Gasteiger partial charge in [0, 0.05) is 12.6 Å². The van der Waals surface area contributed by atoms with E-state index < -0.39 is 0 Å². The Morgan fingerprint density at radius 2 is 2.50 bits per heavy atom. The first-order valence-corrected chi connectivity index (χ1v) is 2.84. The van der Waals surface area contributed by atoms with Crippen LogP contribution < -0.4 is 5.73 Å². The van der Waals surface area contributed by atoms with Crippen molar-refractivity contribution in [2.24, 2.45) is 5.73 Å². The molecule has 0 spiro atoms. The second kappa shape index (κ2) is 2.29. The molecule has 1 aliphatic heterocycles. The van der Waals surface area contributed by atoms with E-state index in [0.29, 0.717) is 0 Å². The van der Waals surface area contributed by atoms with Crippen LogP contribution in [-0.2, 0) is 4.74 Å². The summed E-state index contributed by atoms with van der Waals surface area (Å²) in [6, 6.07) is 0.187. The first kappa shape index (κ1) is 5.79. The maximum atomic E-state index is 5.59. The van der Waals surface area contributed by atoms with Crippen LogP contribution in [0.2, 0.25) is 0 Å². The van der Waals surface area contributed by atoms with Crippen molar-refractivity contribution in [3.63, 3.8) is 0 Å². The summed E-state index contributed by atoms with van der Waals surface area (Å²) in [5.74, 6) is 0. The monoisotopic (exact) mass is 113 g/mol. The molecular weight excluding hydrogens is 102 g/mol. The van der Waals surface area contributed by atoms with Crippen LogP contribution in [0.15, 0.2) is 12.7 Å². The molecule has 1 heterocycles. The lowest BCUT2D eigenvalue weighted by atomic mass is 10.1. The maximum Gasteiger partial charge on any atom is 0.0904 e. The average Bonchev–Trinajstić information content (AvgIpc) is 2.14. The van der Waals surface area contributed by atoms with E-state index in [-0.39, 0.29) is 12.1 Å². The molecule has 0 unspecified atom stereocenters. The summed E-state index contributed by atoms with van der Waals surface area (Å²) < 4.78 is 5.17. The number of hydrogen-bond acceptors (Lipinski definition) is 2. The first-order chi connectivity index (χ1) is 3.84. The highest BCUT2D eigenvalue weighted by Gasteiger charge is 2.20. The molecule has 0 saturated carbocycles. The Morgan fingerprint density at radius 1 is 1.75 bits per heavy atom. The Morgan fingerprint density at radius 3 is 2.75 bits per heavy atom. The molecular formula is C6H11NO. The van der Waals surface area contributed by atoms with Crippen molar-refractivity contribution < 1.29 is 4.74 Å². The summed E-state index contributed by atoms with van der Waals surface area (Å²) in [5, 5.41) is 0. The van der Waals surface area contributed by atoms with E-state index >= 15 is 0 Å². The van der Waals surface area contributed by atoms with Crippen molar-refractivity contribution in [2.75, 3.05) is 6.61 Å². The van der Waals surface area contributed by atoms with E-state index in [1.54, 1.807) is 6.08 Å². The topological polar surface area (TPSA) is 35.2 Å². The second-order valence-electron chi connectivity index (χ2n) is 2.02. The van der Waals surface area contributed by atoms with Crippen molar-refractivity contribution in [3.05, 3.63) is 12.7 Å². The van der Waals surface area contributed by atoms with Crippen LogP contribution in [-0.4, -0.2) is 18.8 Å². The number of nitrogens with two attached hydrogens (primary N) is 1. The molecule has 2 nitrogen and oxygen atoms in total. The van der Waals surface area contributed by atoms with Crippen molar-refractivity contribution in [3.8, 4) is 0 Å². The zero-order valence-corrected chi connectivity index (χ0v) is 4.84. The molecule has 2 heteroatoms. The molecule has 0 bridgehead atoms. The summed E-state index contributed by atoms with van der Waals surface area (Å²) >= 11 is 0. The Bertz CT molecular complexity index is 92.5. The molecule has 8 heavy (non-hydrogen) atoms. The minimum atomic E-state index is 0.106. The fourth-order valence-electron chi connectivity index (χ4n) is 0.871. The molecule has 0 aromatic carbocycles. The van der Waals surface area contributed by atoms with Crippen LogP contribution >= 0.6 is 0 Å². The molecule has 0 radical (unpaired) electrons. The van der Waals surface area contributed by atoms with Crippen molar-refractivity contribution in [1.82, 2.24) is 0 Å². The van der Waals surface area contributed by atoms with Gasteiger partial charge < -0.3 is 10.5 Å². The molecule has 2 N–H and O–H groups in total. The zero-order valence-electron chi connectivity index (χ0n) is 4.84. The quantitative estimate of drug-likeness (QED) is 0.496. The van der Waals surface area contributed by atoms with E-state index in [0.717, 1.165) is 13.0 Å². The Balaban J connectivity index is 2.41. The van der Waals surface area contributed by atoms with Gasteiger partial charge in [-0.3, -0.25) is 0 Å². The van der Waals surface area contributed by atoms with Gasteiger partial charge in [-0.1, -0.05) is 6.08 Å². The van der Waals surface area contributed by atoms with Gasteiger partial charge in [0.2, 0.25) is 0 Å². The van der Waals surface area contributed by atoms with Gasteiger partial charge in [0.15, 0.2) is 0 Å². The molecule has 2 atom stereocenters. The molecule has 1 aliphatic rings. The van der Waals surface area contributed by atoms with E-state index in [9.17, 15) is 0 Å². The normalized spacial score (nSPS) is 37.6. The Hall–Kier alpha value is -0.340. The van der Waals surface area contributed by atoms with Gasteiger partial charge in [0.25, 0.3) is 0 Å². The highest BCUT2D eigenvalue weighted by molar-refractivity contribution is 4.91. The molecule has 0 aromatic rings. The molecule has 0 aromatic heterocycles. The van der Waals surface area contributed by atoms with Gasteiger partial charge in [-0.15, -0.1) is 6.58 Å². The lowest BCUT2D eigenvalue weighted by molar-refractivity contribution is 0.140. The standard InChI is InChI=1S/C6H11NO/c1-2-6-5(7)3-4-8-6/h2,5-6H,1,3-4,7H2/t5-,6+/m1/s1. The molecule has 1 saturated heterocycles. The maximum absolute atomic E-state index is 5.59. The smallest absolute Gasteiger partial charge is 0.0904 e. The molecule has 0 aliphatic carbocycles. The summed E-state index contributed by atoms with van der Waals surface area (Å²) in [7, 11) is 0. The lowest BCUT2D eigenvalue weighted by Gasteiger charge is -2.06. The van der Waals surface area contributed by atoms with Crippen LogP contribution in [0, 0.1) is 0 Å². The highest BCUT2D eigenvalue weighted by Crippen LogP contribution is 2.10. The molecule has 46 valence electrons. The van der Waals surface area contributed by atoms with E-state index in [4.69, 9.17) is 10.5 Å². The third kappa shape index (κ3) is 0.904. The largest absolute Gasteiger partial charge is 0.372 e.